The lowest BCUT2D eigenvalue weighted by Crippen LogP contribution is -2.40. The lowest BCUT2D eigenvalue weighted by atomic mass is 9.96. The van der Waals surface area contributed by atoms with E-state index in [2.05, 4.69) is 34.2 Å². The van der Waals surface area contributed by atoms with Crippen LogP contribution in [0.15, 0.2) is 6.33 Å². The lowest BCUT2D eigenvalue weighted by Gasteiger charge is -2.32. The van der Waals surface area contributed by atoms with Crippen molar-refractivity contribution in [2.24, 2.45) is 5.92 Å². The Morgan fingerprint density at radius 2 is 2.09 bits per heavy atom. The molecule has 1 aliphatic rings. The zero-order valence-corrected chi connectivity index (χ0v) is 13.9. The largest absolute Gasteiger partial charge is 0.356 e. The fourth-order valence-electron chi connectivity index (χ4n) is 2.94. The zero-order valence-electron chi connectivity index (χ0n) is 13.0. The van der Waals surface area contributed by atoms with Gasteiger partial charge in [-0.15, -0.1) is 11.3 Å². The van der Waals surface area contributed by atoms with Crippen LogP contribution in [0.3, 0.4) is 0 Å². The van der Waals surface area contributed by atoms with Crippen molar-refractivity contribution in [2.45, 2.75) is 26.7 Å². The summed E-state index contributed by atoms with van der Waals surface area (Å²) >= 11 is 1.71. The molecule has 1 saturated heterocycles. The molecule has 118 valence electrons. The molecule has 6 nitrogen and oxygen atoms in total. The molecule has 3 heterocycles. The van der Waals surface area contributed by atoms with E-state index in [1.165, 1.54) is 17.6 Å². The van der Waals surface area contributed by atoms with E-state index in [9.17, 15) is 4.79 Å². The van der Waals surface area contributed by atoms with Crippen molar-refractivity contribution in [3.05, 3.63) is 16.8 Å². The topological polar surface area (TPSA) is 67.3 Å². The molecule has 0 unspecified atom stereocenters. The standard InChI is InChI=1S/C15H20N4O2S/c1-9-10(2)22-15-12(9)13(16-8-17-15)19-6-4-11(5-7-19)14(20)18-21-3/h8,11H,4-7H2,1-3H3,(H,18,20). The van der Waals surface area contributed by atoms with E-state index in [1.54, 1.807) is 17.7 Å². The highest BCUT2D eigenvalue weighted by Gasteiger charge is 2.27. The average Bonchev–Trinajstić information content (AvgIpc) is 2.83. The van der Waals surface area contributed by atoms with Crippen LogP contribution >= 0.6 is 11.3 Å². The molecule has 1 N–H and O–H groups in total. The van der Waals surface area contributed by atoms with Gasteiger partial charge in [0.1, 0.15) is 17.0 Å². The number of rotatable bonds is 3. The number of hydroxylamine groups is 1. The molecule has 0 aromatic carbocycles. The Bertz CT molecular complexity index is 692. The van der Waals surface area contributed by atoms with Gasteiger partial charge in [-0.25, -0.2) is 15.4 Å². The van der Waals surface area contributed by atoms with E-state index < -0.39 is 0 Å². The van der Waals surface area contributed by atoms with E-state index >= 15 is 0 Å². The van der Waals surface area contributed by atoms with Gasteiger partial charge in [-0.2, -0.15) is 0 Å². The number of thiophene rings is 1. The number of amides is 1. The Hall–Kier alpha value is -1.73. The van der Waals surface area contributed by atoms with Crippen LogP contribution in [0.25, 0.3) is 10.2 Å². The molecular formula is C15H20N4O2S. The molecule has 0 atom stereocenters. The van der Waals surface area contributed by atoms with Crippen molar-refractivity contribution in [1.82, 2.24) is 15.4 Å². The summed E-state index contributed by atoms with van der Waals surface area (Å²) in [5, 5.41) is 1.16. The number of hydrogen-bond acceptors (Lipinski definition) is 6. The zero-order chi connectivity index (χ0) is 15.7. The second-order valence-corrected chi connectivity index (χ2v) is 6.80. The lowest BCUT2D eigenvalue weighted by molar-refractivity contribution is -0.136. The van der Waals surface area contributed by atoms with Crippen molar-refractivity contribution >= 4 is 33.3 Å². The Labute approximate surface area is 133 Å². The number of carbonyl (C=O) groups is 1. The third kappa shape index (κ3) is 2.66. The monoisotopic (exact) mass is 320 g/mol. The van der Waals surface area contributed by atoms with Crippen molar-refractivity contribution in [3.8, 4) is 0 Å². The fraction of sp³-hybridized carbons (Fsp3) is 0.533. The number of hydrogen-bond donors (Lipinski definition) is 1. The molecule has 0 saturated carbocycles. The second kappa shape index (κ2) is 6.18. The minimum atomic E-state index is -0.0301. The summed E-state index contributed by atoms with van der Waals surface area (Å²) in [7, 11) is 1.46. The van der Waals surface area contributed by atoms with Gasteiger partial charge < -0.3 is 4.90 Å². The van der Waals surface area contributed by atoms with Gasteiger partial charge in [-0.3, -0.25) is 9.63 Å². The first-order valence-electron chi connectivity index (χ1n) is 7.40. The van der Waals surface area contributed by atoms with Gasteiger partial charge >= 0.3 is 0 Å². The van der Waals surface area contributed by atoms with Gasteiger partial charge in [0.05, 0.1) is 12.5 Å². The van der Waals surface area contributed by atoms with Crippen molar-refractivity contribution < 1.29 is 9.63 Å². The maximum Gasteiger partial charge on any atom is 0.246 e. The summed E-state index contributed by atoms with van der Waals surface area (Å²) in [5.74, 6) is 0.980. The van der Waals surface area contributed by atoms with Gasteiger partial charge in [0.25, 0.3) is 0 Å². The van der Waals surface area contributed by atoms with Gasteiger partial charge in [-0.05, 0) is 32.3 Å². The van der Waals surface area contributed by atoms with Gasteiger partial charge in [0, 0.05) is 23.9 Å². The number of nitrogens with zero attached hydrogens (tertiary/aromatic N) is 3. The molecule has 1 fully saturated rings. The van der Waals surface area contributed by atoms with Crippen LogP contribution in [0.1, 0.15) is 23.3 Å². The van der Waals surface area contributed by atoms with Crippen LogP contribution in [0.4, 0.5) is 5.82 Å². The molecular weight excluding hydrogens is 300 g/mol. The molecule has 0 spiro atoms. The van der Waals surface area contributed by atoms with Gasteiger partial charge in [0.15, 0.2) is 0 Å². The number of anilines is 1. The molecule has 0 bridgehead atoms. The Morgan fingerprint density at radius 1 is 1.36 bits per heavy atom. The van der Waals surface area contributed by atoms with Gasteiger partial charge in [-0.1, -0.05) is 0 Å². The maximum absolute atomic E-state index is 11.8. The molecule has 1 aliphatic heterocycles. The Kier molecular flexibility index (Phi) is 4.26. The van der Waals surface area contributed by atoms with Crippen LogP contribution in [-0.2, 0) is 9.63 Å². The summed E-state index contributed by atoms with van der Waals surface area (Å²) in [6.07, 6.45) is 3.25. The highest BCUT2D eigenvalue weighted by atomic mass is 32.1. The number of piperidine rings is 1. The van der Waals surface area contributed by atoms with E-state index in [-0.39, 0.29) is 11.8 Å². The first kappa shape index (κ1) is 15.2. The predicted molar refractivity (Wildman–Crippen MR) is 87.0 cm³/mol. The third-order valence-electron chi connectivity index (χ3n) is 4.31. The van der Waals surface area contributed by atoms with Crippen LogP contribution < -0.4 is 10.4 Å². The number of aryl methyl sites for hydroxylation is 2. The summed E-state index contributed by atoms with van der Waals surface area (Å²) in [6.45, 7) is 5.89. The van der Waals surface area contributed by atoms with Crippen LogP contribution in [0.2, 0.25) is 0 Å². The van der Waals surface area contributed by atoms with Crippen molar-refractivity contribution in [3.63, 3.8) is 0 Å². The van der Waals surface area contributed by atoms with Crippen LogP contribution in [-0.4, -0.2) is 36.1 Å². The summed E-state index contributed by atoms with van der Waals surface area (Å²) in [5.41, 5.74) is 3.69. The fourth-order valence-corrected chi connectivity index (χ4v) is 3.93. The first-order chi connectivity index (χ1) is 10.6. The van der Waals surface area contributed by atoms with E-state index in [0.29, 0.717) is 0 Å². The van der Waals surface area contributed by atoms with Gasteiger partial charge in [0.2, 0.25) is 5.91 Å². The highest BCUT2D eigenvalue weighted by molar-refractivity contribution is 7.18. The van der Waals surface area contributed by atoms with Crippen molar-refractivity contribution in [1.29, 1.82) is 0 Å². The molecule has 2 aromatic rings. The van der Waals surface area contributed by atoms with E-state index in [0.717, 1.165) is 42.0 Å². The number of carbonyl (C=O) groups excluding carboxylic acids is 1. The normalized spacial score (nSPS) is 16.2. The predicted octanol–water partition coefficient (Wildman–Crippen LogP) is 2.20. The van der Waals surface area contributed by atoms with E-state index in [1.807, 2.05) is 0 Å². The molecule has 2 aromatic heterocycles. The SMILES string of the molecule is CONC(=O)C1CCN(c2ncnc3sc(C)c(C)c23)CC1. The number of aromatic nitrogens is 2. The number of fused-ring (bicyclic) bond motifs is 1. The quantitative estimate of drug-likeness (QED) is 0.878. The minimum Gasteiger partial charge on any atom is -0.356 e. The van der Waals surface area contributed by atoms with Crippen LogP contribution in [0.5, 0.6) is 0 Å². The van der Waals surface area contributed by atoms with Crippen molar-refractivity contribution in [2.75, 3.05) is 25.1 Å². The summed E-state index contributed by atoms with van der Waals surface area (Å²) in [6, 6.07) is 0. The Morgan fingerprint density at radius 3 is 2.77 bits per heavy atom. The third-order valence-corrected chi connectivity index (χ3v) is 5.43. The van der Waals surface area contributed by atoms with E-state index in [4.69, 9.17) is 4.84 Å². The second-order valence-electron chi connectivity index (χ2n) is 5.59. The van der Waals surface area contributed by atoms with Crippen LogP contribution in [0, 0.1) is 19.8 Å². The molecule has 0 radical (unpaired) electrons. The summed E-state index contributed by atoms with van der Waals surface area (Å²) < 4.78 is 0. The highest BCUT2D eigenvalue weighted by Crippen LogP contribution is 2.35. The summed E-state index contributed by atoms with van der Waals surface area (Å²) in [4.78, 5) is 30.0. The molecule has 1 amide bonds. The smallest absolute Gasteiger partial charge is 0.246 e. The maximum atomic E-state index is 11.8. The molecule has 3 rings (SSSR count). The Balaban J connectivity index is 1.81. The average molecular weight is 320 g/mol. The molecule has 22 heavy (non-hydrogen) atoms. The number of nitrogens with one attached hydrogen (secondary N) is 1. The minimum absolute atomic E-state index is 0.0128. The molecule has 7 heteroatoms. The first-order valence-corrected chi connectivity index (χ1v) is 8.22. The molecule has 0 aliphatic carbocycles.